The van der Waals surface area contributed by atoms with Crippen LogP contribution >= 0.6 is 0 Å². The average Bonchev–Trinajstić information content (AvgIpc) is 2.46. The van der Waals surface area contributed by atoms with Crippen molar-refractivity contribution in [2.75, 3.05) is 26.2 Å². The minimum absolute atomic E-state index is 0.222. The molecule has 1 N–H and O–H groups in total. The standard InChI is InChI=1S/C15H22F2N2O/c1-2-3-14(19-10-8-18-9-11-19)12-4-6-13(7-5-12)20-15(16)17/h4-7,14-15,18H,2-3,8-11H2,1H3/t14-/m1/s1. The van der Waals surface area contributed by atoms with Gasteiger partial charge in [0, 0.05) is 32.2 Å². The second kappa shape index (κ2) is 7.55. The number of alkyl halides is 2. The first-order chi connectivity index (χ1) is 9.70. The SMILES string of the molecule is CCC[C@H](c1ccc(OC(F)F)cc1)N1CCNCC1. The van der Waals surface area contributed by atoms with Gasteiger partial charge in [0.2, 0.25) is 0 Å². The van der Waals surface area contributed by atoms with Gasteiger partial charge in [0.05, 0.1) is 0 Å². The summed E-state index contributed by atoms with van der Waals surface area (Å²) in [5.74, 6) is 0.222. The molecule has 1 fully saturated rings. The lowest BCUT2D eigenvalue weighted by atomic mass is 10.00. The molecule has 20 heavy (non-hydrogen) atoms. The topological polar surface area (TPSA) is 24.5 Å². The molecule has 1 heterocycles. The number of rotatable bonds is 6. The Morgan fingerprint density at radius 2 is 1.85 bits per heavy atom. The van der Waals surface area contributed by atoms with E-state index in [0.29, 0.717) is 6.04 Å². The Morgan fingerprint density at radius 1 is 1.20 bits per heavy atom. The summed E-state index contributed by atoms with van der Waals surface area (Å²) in [6, 6.07) is 7.43. The van der Waals surface area contributed by atoms with Crippen molar-refractivity contribution >= 4 is 0 Å². The second-order valence-electron chi connectivity index (χ2n) is 5.04. The third kappa shape index (κ3) is 4.15. The number of hydrogen-bond donors (Lipinski definition) is 1. The summed E-state index contributed by atoms with van der Waals surface area (Å²) in [7, 11) is 0. The van der Waals surface area contributed by atoms with Gasteiger partial charge in [0.1, 0.15) is 5.75 Å². The van der Waals surface area contributed by atoms with Gasteiger partial charge in [0.25, 0.3) is 0 Å². The Labute approximate surface area is 118 Å². The van der Waals surface area contributed by atoms with Gasteiger partial charge in [-0.3, -0.25) is 4.90 Å². The van der Waals surface area contributed by atoms with E-state index < -0.39 is 6.61 Å². The molecule has 0 amide bonds. The molecule has 2 rings (SSSR count). The molecular formula is C15H22F2N2O. The molecule has 1 aliphatic heterocycles. The van der Waals surface area contributed by atoms with Crippen LogP contribution in [0, 0.1) is 0 Å². The minimum atomic E-state index is -2.76. The number of hydrogen-bond acceptors (Lipinski definition) is 3. The maximum Gasteiger partial charge on any atom is 0.387 e. The van der Waals surface area contributed by atoms with Gasteiger partial charge in [-0.15, -0.1) is 0 Å². The van der Waals surface area contributed by atoms with Gasteiger partial charge in [-0.2, -0.15) is 8.78 Å². The first kappa shape index (κ1) is 15.2. The lowest BCUT2D eigenvalue weighted by molar-refractivity contribution is -0.0498. The molecule has 3 nitrogen and oxygen atoms in total. The average molecular weight is 284 g/mol. The molecule has 0 bridgehead atoms. The smallest absolute Gasteiger partial charge is 0.387 e. The molecule has 1 saturated heterocycles. The number of piperazine rings is 1. The molecule has 112 valence electrons. The summed E-state index contributed by atoms with van der Waals surface area (Å²) in [5.41, 5.74) is 1.18. The van der Waals surface area contributed by atoms with Crippen molar-refractivity contribution in [1.29, 1.82) is 0 Å². The van der Waals surface area contributed by atoms with Crippen molar-refractivity contribution in [3.8, 4) is 5.75 Å². The molecule has 0 aliphatic carbocycles. The zero-order valence-corrected chi connectivity index (χ0v) is 11.8. The van der Waals surface area contributed by atoms with Gasteiger partial charge in [-0.05, 0) is 24.1 Å². The van der Waals surface area contributed by atoms with Gasteiger partial charge in [-0.25, -0.2) is 0 Å². The summed E-state index contributed by atoms with van der Waals surface area (Å²) in [5, 5.41) is 3.35. The Morgan fingerprint density at radius 3 is 2.40 bits per heavy atom. The summed E-state index contributed by atoms with van der Waals surface area (Å²) in [6.45, 7) is 3.48. The Balaban J connectivity index is 2.07. The number of nitrogens with one attached hydrogen (secondary N) is 1. The molecular weight excluding hydrogens is 262 g/mol. The fraction of sp³-hybridized carbons (Fsp3) is 0.600. The van der Waals surface area contributed by atoms with Crippen molar-refractivity contribution in [2.45, 2.75) is 32.4 Å². The largest absolute Gasteiger partial charge is 0.435 e. The van der Waals surface area contributed by atoms with Crippen molar-refractivity contribution in [1.82, 2.24) is 10.2 Å². The Kier molecular flexibility index (Phi) is 5.73. The number of benzene rings is 1. The molecule has 0 aromatic heterocycles. The fourth-order valence-electron chi connectivity index (χ4n) is 2.70. The van der Waals surface area contributed by atoms with Crippen molar-refractivity contribution in [2.24, 2.45) is 0 Å². The van der Waals surface area contributed by atoms with E-state index in [9.17, 15) is 8.78 Å². The molecule has 0 unspecified atom stereocenters. The highest BCUT2D eigenvalue weighted by Crippen LogP contribution is 2.27. The van der Waals surface area contributed by atoms with Gasteiger partial charge >= 0.3 is 6.61 Å². The van der Waals surface area contributed by atoms with E-state index in [1.165, 1.54) is 5.56 Å². The molecule has 0 spiro atoms. The number of halogens is 2. The highest BCUT2D eigenvalue weighted by molar-refractivity contribution is 5.29. The summed E-state index contributed by atoms with van der Waals surface area (Å²) >= 11 is 0. The van der Waals surface area contributed by atoms with E-state index in [0.717, 1.165) is 39.0 Å². The van der Waals surface area contributed by atoms with Crippen LogP contribution in [-0.2, 0) is 0 Å². The van der Waals surface area contributed by atoms with E-state index in [1.807, 2.05) is 12.1 Å². The maximum atomic E-state index is 12.2. The van der Waals surface area contributed by atoms with Crippen molar-refractivity contribution in [3.05, 3.63) is 29.8 Å². The molecule has 5 heteroatoms. The highest BCUT2D eigenvalue weighted by atomic mass is 19.3. The van der Waals surface area contributed by atoms with Crippen LogP contribution in [0.1, 0.15) is 31.4 Å². The molecule has 1 aromatic carbocycles. The molecule has 0 radical (unpaired) electrons. The molecule has 1 aliphatic rings. The number of ether oxygens (including phenoxy) is 1. The van der Waals surface area contributed by atoms with Gasteiger partial charge in [-0.1, -0.05) is 25.5 Å². The third-order valence-corrected chi connectivity index (χ3v) is 3.64. The monoisotopic (exact) mass is 284 g/mol. The summed E-state index contributed by atoms with van der Waals surface area (Å²) < 4.78 is 28.7. The number of nitrogens with zero attached hydrogens (tertiary/aromatic N) is 1. The molecule has 0 saturated carbocycles. The second-order valence-corrected chi connectivity index (χ2v) is 5.04. The normalized spacial score (nSPS) is 18.2. The zero-order chi connectivity index (χ0) is 14.4. The predicted octanol–water partition coefficient (Wildman–Crippen LogP) is 3.03. The zero-order valence-electron chi connectivity index (χ0n) is 11.8. The van der Waals surface area contributed by atoms with E-state index in [2.05, 4.69) is 21.9 Å². The van der Waals surface area contributed by atoms with Crippen LogP contribution in [0.3, 0.4) is 0 Å². The molecule has 1 atom stereocenters. The first-order valence-corrected chi connectivity index (χ1v) is 7.20. The van der Waals surface area contributed by atoms with Crippen LogP contribution in [0.4, 0.5) is 8.78 Å². The highest BCUT2D eigenvalue weighted by Gasteiger charge is 2.21. The summed E-state index contributed by atoms with van der Waals surface area (Å²) in [6.07, 6.45) is 2.18. The van der Waals surface area contributed by atoms with E-state index in [4.69, 9.17) is 0 Å². The lowest BCUT2D eigenvalue weighted by Crippen LogP contribution is -2.45. The van der Waals surface area contributed by atoms with Crippen LogP contribution in [0.5, 0.6) is 5.75 Å². The summed E-state index contributed by atoms with van der Waals surface area (Å²) in [4.78, 5) is 2.46. The van der Waals surface area contributed by atoms with E-state index in [-0.39, 0.29) is 5.75 Å². The van der Waals surface area contributed by atoms with Crippen LogP contribution in [0.15, 0.2) is 24.3 Å². The minimum Gasteiger partial charge on any atom is -0.435 e. The fourth-order valence-corrected chi connectivity index (χ4v) is 2.70. The predicted molar refractivity (Wildman–Crippen MR) is 75.2 cm³/mol. The third-order valence-electron chi connectivity index (χ3n) is 3.64. The van der Waals surface area contributed by atoms with Gasteiger partial charge < -0.3 is 10.1 Å². The maximum absolute atomic E-state index is 12.2. The van der Waals surface area contributed by atoms with Crippen LogP contribution in [0.2, 0.25) is 0 Å². The van der Waals surface area contributed by atoms with Crippen LogP contribution in [0.25, 0.3) is 0 Å². The van der Waals surface area contributed by atoms with Crippen LogP contribution < -0.4 is 10.1 Å². The van der Waals surface area contributed by atoms with E-state index >= 15 is 0 Å². The van der Waals surface area contributed by atoms with Crippen molar-refractivity contribution < 1.29 is 13.5 Å². The van der Waals surface area contributed by atoms with Gasteiger partial charge in [0.15, 0.2) is 0 Å². The van der Waals surface area contributed by atoms with E-state index in [1.54, 1.807) is 12.1 Å². The lowest BCUT2D eigenvalue weighted by Gasteiger charge is -2.35. The first-order valence-electron chi connectivity index (χ1n) is 7.20. The van der Waals surface area contributed by atoms with Crippen molar-refractivity contribution in [3.63, 3.8) is 0 Å². The Bertz CT molecular complexity index is 391. The Hall–Kier alpha value is -1.20. The molecule has 1 aromatic rings. The van der Waals surface area contributed by atoms with Crippen LogP contribution in [-0.4, -0.2) is 37.7 Å². The quantitative estimate of drug-likeness (QED) is 0.869.